The van der Waals surface area contributed by atoms with E-state index in [4.69, 9.17) is 0 Å². The summed E-state index contributed by atoms with van der Waals surface area (Å²) in [7, 11) is 0. The molecule has 0 bridgehead atoms. The molecule has 0 spiro atoms. The van der Waals surface area contributed by atoms with Crippen LogP contribution in [0, 0.1) is 0 Å². The first-order valence-electron chi connectivity index (χ1n) is 19.1. The van der Waals surface area contributed by atoms with Crippen LogP contribution in [0.5, 0.6) is 0 Å². The number of hydrogen-bond donors (Lipinski definition) is 0. The second-order valence-electron chi connectivity index (χ2n) is 15.0. The highest BCUT2D eigenvalue weighted by Gasteiger charge is 2.19. The molecule has 0 aliphatic heterocycles. The molecule has 2 heterocycles. The Kier molecular flexibility index (Phi) is 6.43. The van der Waals surface area contributed by atoms with Crippen molar-refractivity contribution in [1.82, 2.24) is 9.13 Å². The summed E-state index contributed by atoms with van der Waals surface area (Å²) in [6.07, 6.45) is 1.02. The minimum Gasteiger partial charge on any atom is -0.309 e. The first-order valence-corrected chi connectivity index (χ1v) is 19.1. The van der Waals surface area contributed by atoms with E-state index in [0.29, 0.717) is 0 Å². The van der Waals surface area contributed by atoms with E-state index in [1.807, 2.05) is 0 Å². The molecule has 256 valence electrons. The Hall–Kier alpha value is -7.16. The van der Waals surface area contributed by atoms with Gasteiger partial charge in [0.2, 0.25) is 0 Å². The first-order chi connectivity index (χ1) is 27.2. The predicted molar refractivity (Wildman–Crippen MR) is 232 cm³/mol. The quantitative estimate of drug-likeness (QED) is 0.173. The van der Waals surface area contributed by atoms with Crippen LogP contribution < -0.4 is 0 Å². The number of rotatable bonds is 4. The van der Waals surface area contributed by atoms with Gasteiger partial charge >= 0.3 is 0 Å². The minimum atomic E-state index is 1.02. The van der Waals surface area contributed by atoms with Gasteiger partial charge in [-0.05, 0) is 128 Å². The van der Waals surface area contributed by atoms with Gasteiger partial charge in [-0.25, -0.2) is 0 Å². The molecule has 2 aromatic heterocycles. The molecule has 1 aliphatic rings. The number of nitrogens with zero attached hydrogens (tertiary/aromatic N) is 2. The van der Waals surface area contributed by atoms with Crippen LogP contribution in [0.1, 0.15) is 11.1 Å². The lowest BCUT2D eigenvalue weighted by Crippen LogP contribution is -1.94. The highest BCUT2D eigenvalue weighted by Crippen LogP contribution is 2.41. The molecule has 11 aromatic rings. The van der Waals surface area contributed by atoms with Gasteiger partial charge in [-0.3, -0.25) is 0 Å². The van der Waals surface area contributed by atoms with Gasteiger partial charge in [0, 0.05) is 32.9 Å². The zero-order valence-corrected chi connectivity index (χ0v) is 30.1. The Balaban J connectivity index is 0.958. The fourth-order valence-corrected chi connectivity index (χ4v) is 9.29. The predicted octanol–water partition coefficient (Wildman–Crippen LogP) is 13.9. The number of fused-ring (bicyclic) bond motifs is 10. The fraction of sp³-hybridized carbons (Fsp3) is 0.0189. The maximum absolute atomic E-state index is 2.43. The van der Waals surface area contributed by atoms with Gasteiger partial charge in [0.05, 0.1) is 22.1 Å². The third-order valence-electron chi connectivity index (χ3n) is 11.9. The second-order valence-corrected chi connectivity index (χ2v) is 15.0. The second kappa shape index (κ2) is 11.7. The fourth-order valence-electron chi connectivity index (χ4n) is 9.29. The smallest absolute Gasteiger partial charge is 0.0547 e. The molecule has 0 N–H and O–H groups in total. The number of aromatic nitrogens is 2. The summed E-state index contributed by atoms with van der Waals surface area (Å²) < 4.78 is 4.82. The van der Waals surface area contributed by atoms with E-state index < -0.39 is 0 Å². The molecule has 0 unspecified atom stereocenters. The van der Waals surface area contributed by atoms with Gasteiger partial charge in [-0.15, -0.1) is 0 Å². The third-order valence-corrected chi connectivity index (χ3v) is 11.9. The van der Waals surface area contributed by atoms with E-state index in [2.05, 4.69) is 203 Å². The van der Waals surface area contributed by atoms with Crippen molar-refractivity contribution >= 4 is 54.4 Å². The lowest BCUT2D eigenvalue weighted by molar-refractivity contribution is 1.18. The van der Waals surface area contributed by atoms with Crippen LogP contribution in [0.15, 0.2) is 194 Å². The summed E-state index contributed by atoms with van der Waals surface area (Å²) in [6.45, 7) is 0. The van der Waals surface area contributed by atoms with E-state index in [1.54, 1.807) is 0 Å². The maximum atomic E-state index is 2.43. The summed E-state index contributed by atoms with van der Waals surface area (Å²) in [5, 5.41) is 7.53. The van der Waals surface area contributed by atoms with Crippen LogP contribution in [0.2, 0.25) is 0 Å². The van der Waals surface area contributed by atoms with E-state index in [9.17, 15) is 0 Å². The highest BCUT2D eigenvalue weighted by molar-refractivity contribution is 6.12. The Morgan fingerprint density at radius 3 is 1.73 bits per heavy atom. The Morgan fingerprint density at radius 1 is 0.291 bits per heavy atom. The molecule has 0 atom stereocenters. The first kappa shape index (κ1) is 30.3. The molecule has 1 aliphatic carbocycles. The molecule has 2 heteroatoms. The Bertz CT molecular complexity index is 3340. The van der Waals surface area contributed by atoms with Crippen molar-refractivity contribution < 1.29 is 0 Å². The van der Waals surface area contributed by atoms with Crippen molar-refractivity contribution in [2.75, 3.05) is 0 Å². The molecule has 0 amide bonds. The maximum Gasteiger partial charge on any atom is 0.0547 e. The molecule has 0 fully saturated rings. The van der Waals surface area contributed by atoms with Gasteiger partial charge in [0.1, 0.15) is 0 Å². The summed E-state index contributed by atoms with van der Waals surface area (Å²) in [6, 6.07) is 71.8. The minimum absolute atomic E-state index is 1.02. The topological polar surface area (TPSA) is 9.86 Å². The van der Waals surface area contributed by atoms with E-state index in [-0.39, 0.29) is 0 Å². The number of benzene rings is 9. The van der Waals surface area contributed by atoms with Crippen LogP contribution in [0.25, 0.3) is 99.1 Å². The van der Waals surface area contributed by atoms with Crippen LogP contribution in [-0.2, 0) is 6.42 Å². The lowest BCUT2D eigenvalue weighted by Gasteiger charge is -2.12. The highest BCUT2D eigenvalue weighted by atomic mass is 15.0. The zero-order valence-electron chi connectivity index (χ0n) is 30.1. The zero-order chi connectivity index (χ0) is 36.0. The van der Waals surface area contributed by atoms with Crippen molar-refractivity contribution in [3.8, 4) is 44.8 Å². The monoisotopic (exact) mass is 698 g/mol. The SMILES string of the molecule is c1ccc(-n2c3ccccc3c3ccc(-c4ccc5c(c4)c4ccccc4n5-c4ccc5cc(-c6ccc7c(c6)-c6ccccc6C7)ccc5c4)cc32)cc1. The average molecular weight is 699 g/mol. The molecule has 0 saturated carbocycles. The molecular weight excluding hydrogens is 665 g/mol. The van der Waals surface area contributed by atoms with Gasteiger partial charge in [0.15, 0.2) is 0 Å². The number of para-hydroxylation sites is 3. The van der Waals surface area contributed by atoms with Crippen molar-refractivity contribution in [2.24, 2.45) is 0 Å². The lowest BCUT2D eigenvalue weighted by atomic mass is 9.96. The summed E-state index contributed by atoms with van der Waals surface area (Å²) in [5.74, 6) is 0. The van der Waals surface area contributed by atoms with E-state index in [0.717, 1.165) is 6.42 Å². The van der Waals surface area contributed by atoms with Gasteiger partial charge < -0.3 is 9.13 Å². The number of hydrogen-bond acceptors (Lipinski definition) is 0. The summed E-state index contributed by atoms with van der Waals surface area (Å²) >= 11 is 0. The standard InChI is InChI=1S/C53H34N2/c1-2-11-42(12-3-1)54-50-16-8-6-14-45(50)47-26-23-39(33-53(47)54)38-24-27-52-49(32-38)46-15-7-9-17-51(46)55(52)43-25-22-35-28-34(18-19-36(35)30-43)37-20-21-41-29-40-10-4-5-13-44(40)48(41)31-37/h1-28,30-33H,29H2. The van der Waals surface area contributed by atoms with Gasteiger partial charge in [0.25, 0.3) is 0 Å². The molecule has 0 radical (unpaired) electrons. The molecule has 9 aromatic carbocycles. The van der Waals surface area contributed by atoms with Crippen molar-refractivity contribution in [1.29, 1.82) is 0 Å². The molecule has 2 nitrogen and oxygen atoms in total. The van der Waals surface area contributed by atoms with E-state index in [1.165, 1.54) is 110 Å². The normalized spacial score (nSPS) is 12.3. The Morgan fingerprint density at radius 2 is 0.855 bits per heavy atom. The van der Waals surface area contributed by atoms with Crippen molar-refractivity contribution in [3.05, 3.63) is 205 Å². The molecule has 12 rings (SSSR count). The largest absolute Gasteiger partial charge is 0.309 e. The third kappa shape index (κ3) is 4.62. The Labute approximate surface area is 318 Å². The average Bonchev–Trinajstić information content (AvgIpc) is 3.90. The van der Waals surface area contributed by atoms with E-state index >= 15 is 0 Å². The van der Waals surface area contributed by atoms with Crippen LogP contribution in [0.4, 0.5) is 0 Å². The van der Waals surface area contributed by atoms with Crippen molar-refractivity contribution in [2.45, 2.75) is 6.42 Å². The van der Waals surface area contributed by atoms with Crippen molar-refractivity contribution in [3.63, 3.8) is 0 Å². The summed E-state index contributed by atoms with van der Waals surface area (Å²) in [5.41, 5.74) is 17.7. The van der Waals surface area contributed by atoms with Crippen LogP contribution >= 0.6 is 0 Å². The van der Waals surface area contributed by atoms with Crippen LogP contribution in [-0.4, -0.2) is 9.13 Å². The molecule has 55 heavy (non-hydrogen) atoms. The van der Waals surface area contributed by atoms with Gasteiger partial charge in [-0.2, -0.15) is 0 Å². The molecule has 0 saturated heterocycles. The summed E-state index contributed by atoms with van der Waals surface area (Å²) in [4.78, 5) is 0. The van der Waals surface area contributed by atoms with Gasteiger partial charge in [-0.1, -0.05) is 127 Å². The van der Waals surface area contributed by atoms with Crippen LogP contribution in [0.3, 0.4) is 0 Å². The molecular formula is C53H34N2.